The van der Waals surface area contributed by atoms with E-state index in [1.807, 2.05) is 10.8 Å². The van der Waals surface area contributed by atoms with Crippen LogP contribution in [0.5, 0.6) is 0 Å². The molecule has 0 amide bonds. The molecule has 4 nitrogen and oxygen atoms in total. The van der Waals surface area contributed by atoms with Gasteiger partial charge in [-0.2, -0.15) is 5.10 Å². The number of benzene rings is 1. The van der Waals surface area contributed by atoms with Crippen LogP contribution in [-0.2, 0) is 19.4 Å². The van der Waals surface area contributed by atoms with Crippen molar-refractivity contribution in [1.29, 1.82) is 0 Å². The Morgan fingerprint density at radius 1 is 1.30 bits per heavy atom. The molecule has 1 aromatic heterocycles. The predicted molar refractivity (Wildman–Crippen MR) is 88.1 cm³/mol. The van der Waals surface area contributed by atoms with Crippen LogP contribution in [0.15, 0.2) is 36.9 Å². The Morgan fingerprint density at radius 2 is 2.09 bits per heavy atom. The van der Waals surface area contributed by atoms with E-state index in [0.29, 0.717) is 13.1 Å². The summed E-state index contributed by atoms with van der Waals surface area (Å²) in [5.41, 5.74) is 4.49. The molecule has 23 heavy (non-hydrogen) atoms. The molecule has 0 spiro atoms. The summed E-state index contributed by atoms with van der Waals surface area (Å²) in [6.45, 7) is 5.91. The SMILES string of the molecule is C=CCN(CCO)Cc1nn(-c2ccc(F)cc2)c2c1CCC2. The highest BCUT2D eigenvalue weighted by molar-refractivity contribution is 5.40. The number of hydrogen-bond donors (Lipinski definition) is 1. The van der Waals surface area contributed by atoms with Crippen molar-refractivity contribution in [2.45, 2.75) is 25.8 Å². The Balaban J connectivity index is 1.91. The molecule has 122 valence electrons. The van der Waals surface area contributed by atoms with Crippen molar-refractivity contribution < 1.29 is 9.50 Å². The number of nitrogens with zero attached hydrogens (tertiary/aromatic N) is 3. The molecule has 1 aliphatic carbocycles. The van der Waals surface area contributed by atoms with Gasteiger partial charge in [0.1, 0.15) is 5.82 Å². The number of aliphatic hydroxyl groups is 1. The predicted octanol–water partition coefficient (Wildman–Crippen LogP) is 2.48. The highest BCUT2D eigenvalue weighted by atomic mass is 19.1. The summed E-state index contributed by atoms with van der Waals surface area (Å²) in [6.07, 6.45) is 5.00. The minimum atomic E-state index is -0.238. The van der Waals surface area contributed by atoms with Gasteiger partial charge in [-0.1, -0.05) is 6.08 Å². The minimum absolute atomic E-state index is 0.120. The summed E-state index contributed by atoms with van der Waals surface area (Å²) in [6, 6.07) is 6.46. The van der Waals surface area contributed by atoms with Crippen LogP contribution in [0.3, 0.4) is 0 Å². The third-order valence-corrected chi connectivity index (χ3v) is 4.26. The minimum Gasteiger partial charge on any atom is -0.395 e. The molecule has 1 heterocycles. The maximum atomic E-state index is 13.2. The third kappa shape index (κ3) is 3.35. The van der Waals surface area contributed by atoms with Crippen LogP contribution in [0.4, 0.5) is 4.39 Å². The van der Waals surface area contributed by atoms with E-state index in [9.17, 15) is 9.50 Å². The van der Waals surface area contributed by atoms with Crippen LogP contribution in [0, 0.1) is 5.82 Å². The summed E-state index contributed by atoms with van der Waals surface area (Å²) < 4.78 is 15.1. The van der Waals surface area contributed by atoms with Crippen molar-refractivity contribution >= 4 is 0 Å². The van der Waals surface area contributed by atoms with E-state index in [-0.39, 0.29) is 12.4 Å². The van der Waals surface area contributed by atoms with E-state index >= 15 is 0 Å². The van der Waals surface area contributed by atoms with Crippen molar-refractivity contribution in [2.75, 3.05) is 19.7 Å². The molecule has 0 aliphatic heterocycles. The summed E-state index contributed by atoms with van der Waals surface area (Å²) in [5, 5.41) is 14.0. The van der Waals surface area contributed by atoms with Crippen molar-refractivity contribution in [3.8, 4) is 5.69 Å². The van der Waals surface area contributed by atoms with Gasteiger partial charge in [0.25, 0.3) is 0 Å². The number of fused-ring (bicyclic) bond motifs is 1. The lowest BCUT2D eigenvalue weighted by molar-refractivity contribution is 0.201. The molecule has 0 unspecified atom stereocenters. The first-order valence-corrected chi connectivity index (χ1v) is 8.02. The lowest BCUT2D eigenvalue weighted by atomic mass is 10.2. The molecule has 5 heteroatoms. The molecule has 0 atom stereocenters. The smallest absolute Gasteiger partial charge is 0.123 e. The fourth-order valence-corrected chi connectivity index (χ4v) is 3.21. The van der Waals surface area contributed by atoms with E-state index in [2.05, 4.69) is 11.5 Å². The zero-order valence-electron chi connectivity index (χ0n) is 13.2. The Bertz CT molecular complexity index is 678. The van der Waals surface area contributed by atoms with Crippen LogP contribution >= 0.6 is 0 Å². The maximum absolute atomic E-state index is 13.2. The zero-order valence-corrected chi connectivity index (χ0v) is 13.2. The molecule has 0 saturated heterocycles. The number of hydrogen-bond acceptors (Lipinski definition) is 3. The Labute approximate surface area is 135 Å². The number of aromatic nitrogens is 2. The molecule has 3 rings (SSSR count). The summed E-state index contributed by atoms with van der Waals surface area (Å²) >= 11 is 0. The van der Waals surface area contributed by atoms with Gasteiger partial charge < -0.3 is 5.11 Å². The van der Waals surface area contributed by atoms with Crippen molar-refractivity contribution in [1.82, 2.24) is 14.7 Å². The zero-order chi connectivity index (χ0) is 16.2. The second kappa shape index (κ2) is 7.06. The van der Waals surface area contributed by atoms with Gasteiger partial charge in [-0.05, 0) is 49.1 Å². The second-order valence-corrected chi connectivity index (χ2v) is 5.86. The average molecular weight is 315 g/mol. The van der Waals surface area contributed by atoms with Gasteiger partial charge >= 0.3 is 0 Å². The Hall–Kier alpha value is -1.98. The molecular formula is C18H22FN3O. The topological polar surface area (TPSA) is 41.3 Å². The van der Waals surface area contributed by atoms with Crippen molar-refractivity contribution in [3.63, 3.8) is 0 Å². The molecule has 0 bridgehead atoms. The molecule has 0 saturated carbocycles. The van der Waals surface area contributed by atoms with E-state index < -0.39 is 0 Å². The standard InChI is InChI=1S/C18H22FN3O/c1-2-10-21(11-12-23)13-17-16-4-3-5-18(16)22(20-17)15-8-6-14(19)7-9-15/h2,6-9,23H,1,3-5,10-13H2. The molecule has 0 fully saturated rings. The highest BCUT2D eigenvalue weighted by Gasteiger charge is 2.24. The fraction of sp³-hybridized carbons (Fsp3) is 0.389. The summed E-state index contributed by atoms with van der Waals surface area (Å²) in [7, 11) is 0. The van der Waals surface area contributed by atoms with E-state index in [0.717, 1.165) is 37.2 Å². The van der Waals surface area contributed by atoms with E-state index in [1.54, 1.807) is 12.1 Å². The van der Waals surface area contributed by atoms with Gasteiger partial charge in [0.05, 0.1) is 18.0 Å². The third-order valence-electron chi connectivity index (χ3n) is 4.26. The van der Waals surface area contributed by atoms with Gasteiger partial charge in [0, 0.05) is 25.3 Å². The van der Waals surface area contributed by atoms with Gasteiger partial charge in [-0.3, -0.25) is 4.90 Å². The van der Waals surface area contributed by atoms with Crippen LogP contribution < -0.4 is 0 Å². The lowest BCUT2D eigenvalue weighted by Crippen LogP contribution is -2.27. The first-order valence-electron chi connectivity index (χ1n) is 8.02. The first kappa shape index (κ1) is 15.9. The Kier molecular flexibility index (Phi) is 4.88. The normalized spacial score (nSPS) is 13.5. The lowest BCUT2D eigenvalue weighted by Gasteiger charge is -2.18. The average Bonchev–Trinajstić information content (AvgIpc) is 3.13. The molecule has 0 radical (unpaired) electrons. The number of halogens is 1. The molecule has 1 aromatic carbocycles. The Morgan fingerprint density at radius 3 is 2.78 bits per heavy atom. The van der Waals surface area contributed by atoms with Gasteiger partial charge in [-0.25, -0.2) is 9.07 Å². The van der Waals surface area contributed by atoms with Crippen LogP contribution in [0.25, 0.3) is 5.69 Å². The number of rotatable bonds is 7. The second-order valence-electron chi connectivity index (χ2n) is 5.86. The molecule has 2 aromatic rings. The number of aliphatic hydroxyl groups excluding tert-OH is 1. The maximum Gasteiger partial charge on any atom is 0.123 e. The van der Waals surface area contributed by atoms with E-state index in [1.165, 1.54) is 23.4 Å². The van der Waals surface area contributed by atoms with Crippen LogP contribution in [0.1, 0.15) is 23.4 Å². The van der Waals surface area contributed by atoms with Gasteiger partial charge in [-0.15, -0.1) is 6.58 Å². The van der Waals surface area contributed by atoms with Crippen molar-refractivity contribution in [2.24, 2.45) is 0 Å². The summed E-state index contributed by atoms with van der Waals surface area (Å²) in [5.74, 6) is -0.238. The quantitative estimate of drug-likeness (QED) is 0.798. The highest BCUT2D eigenvalue weighted by Crippen LogP contribution is 2.28. The van der Waals surface area contributed by atoms with Crippen molar-refractivity contribution in [3.05, 3.63) is 59.7 Å². The molecule has 1 aliphatic rings. The molecule has 1 N–H and O–H groups in total. The van der Waals surface area contributed by atoms with Crippen LogP contribution in [0.2, 0.25) is 0 Å². The van der Waals surface area contributed by atoms with E-state index in [4.69, 9.17) is 5.10 Å². The molecular weight excluding hydrogens is 293 g/mol. The fourth-order valence-electron chi connectivity index (χ4n) is 3.21. The summed E-state index contributed by atoms with van der Waals surface area (Å²) in [4.78, 5) is 2.13. The van der Waals surface area contributed by atoms with Gasteiger partial charge in [0.15, 0.2) is 0 Å². The van der Waals surface area contributed by atoms with Gasteiger partial charge in [0.2, 0.25) is 0 Å². The first-order chi connectivity index (χ1) is 11.2. The largest absolute Gasteiger partial charge is 0.395 e. The van der Waals surface area contributed by atoms with Crippen LogP contribution in [-0.4, -0.2) is 39.5 Å². The monoisotopic (exact) mass is 315 g/mol.